The van der Waals surface area contributed by atoms with E-state index in [0.29, 0.717) is 12.2 Å². The molecule has 26 heavy (non-hydrogen) atoms. The van der Waals surface area contributed by atoms with E-state index in [9.17, 15) is 13.5 Å². The molecule has 0 unspecified atom stereocenters. The Kier molecular flexibility index (Phi) is 5.78. The molecule has 140 valence electrons. The summed E-state index contributed by atoms with van der Waals surface area (Å²) in [6.07, 6.45) is 3.45. The SMILES string of the molecule is CCN(c1ccccc1)S(=O)(=O)c1ccc(N2CCC[C@@H](CO)C2)nc1. The minimum atomic E-state index is -3.65. The summed E-state index contributed by atoms with van der Waals surface area (Å²) in [4.78, 5) is 6.68. The van der Waals surface area contributed by atoms with Crippen molar-refractivity contribution in [2.24, 2.45) is 5.92 Å². The van der Waals surface area contributed by atoms with Crippen molar-refractivity contribution in [3.05, 3.63) is 48.7 Å². The van der Waals surface area contributed by atoms with Crippen molar-refractivity contribution in [3.8, 4) is 0 Å². The van der Waals surface area contributed by atoms with E-state index >= 15 is 0 Å². The van der Waals surface area contributed by atoms with Crippen LogP contribution in [0.25, 0.3) is 0 Å². The van der Waals surface area contributed by atoms with Gasteiger partial charge < -0.3 is 10.0 Å². The van der Waals surface area contributed by atoms with Crippen LogP contribution in [0.5, 0.6) is 0 Å². The number of nitrogens with zero attached hydrogens (tertiary/aromatic N) is 3. The van der Waals surface area contributed by atoms with Gasteiger partial charge >= 0.3 is 0 Å². The molecule has 0 spiro atoms. The first kappa shape index (κ1) is 18.7. The van der Waals surface area contributed by atoms with Crippen LogP contribution in [-0.4, -0.2) is 44.7 Å². The number of aromatic nitrogens is 1. The fourth-order valence-electron chi connectivity index (χ4n) is 3.35. The van der Waals surface area contributed by atoms with Crippen molar-refractivity contribution in [1.29, 1.82) is 0 Å². The Morgan fingerprint density at radius 3 is 2.62 bits per heavy atom. The number of sulfonamides is 1. The van der Waals surface area contributed by atoms with Gasteiger partial charge in [0.05, 0.1) is 5.69 Å². The molecule has 1 N–H and O–H groups in total. The number of benzene rings is 1. The molecule has 1 atom stereocenters. The Morgan fingerprint density at radius 1 is 1.23 bits per heavy atom. The molecule has 0 aliphatic carbocycles. The first-order valence-corrected chi connectivity index (χ1v) is 10.4. The molecule has 7 heteroatoms. The second kappa shape index (κ2) is 8.05. The molecule has 1 fully saturated rings. The Morgan fingerprint density at radius 2 is 2.00 bits per heavy atom. The molecule has 0 radical (unpaired) electrons. The number of pyridine rings is 1. The number of hydrogen-bond donors (Lipinski definition) is 1. The number of piperidine rings is 1. The summed E-state index contributed by atoms with van der Waals surface area (Å²) in [5, 5.41) is 9.37. The fourth-order valence-corrected chi connectivity index (χ4v) is 4.77. The molecule has 1 aliphatic heterocycles. The maximum atomic E-state index is 13.0. The van der Waals surface area contributed by atoms with Crippen LogP contribution in [0.1, 0.15) is 19.8 Å². The van der Waals surface area contributed by atoms with Gasteiger partial charge in [-0.25, -0.2) is 13.4 Å². The van der Waals surface area contributed by atoms with Crippen molar-refractivity contribution in [1.82, 2.24) is 4.98 Å². The largest absolute Gasteiger partial charge is 0.396 e. The number of para-hydroxylation sites is 1. The molecule has 1 aromatic carbocycles. The van der Waals surface area contributed by atoms with Crippen LogP contribution in [0.15, 0.2) is 53.6 Å². The van der Waals surface area contributed by atoms with Crippen molar-refractivity contribution < 1.29 is 13.5 Å². The van der Waals surface area contributed by atoms with E-state index in [0.717, 1.165) is 31.7 Å². The van der Waals surface area contributed by atoms with Gasteiger partial charge in [0, 0.05) is 32.4 Å². The van der Waals surface area contributed by atoms with E-state index in [1.807, 2.05) is 25.1 Å². The number of aliphatic hydroxyl groups excluding tert-OH is 1. The van der Waals surface area contributed by atoms with E-state index < -0.39 is 10.0 Å². The van der Waals surface area contributed by atoms with Gasteiger partial charge in [0.25, 0.3) is 10.0 Å². The summed E-state index contributed by atoms with van der Waals surface area (Å²) in [5.41, 5.74) is 0.640. The van der Waals surface area contributed by atoms with E-state index in [1.54, 1.807) is 24.3 Å². The van der Waals surface area contributed by atoms with Crippen molar-refractivity contribution in [2.75, 3.05) is 35.4 Å². The second-order valence-electron chi connectivity index (χ2n) is 6.49. The fraction of sp³-hybridized carbons (Fsp3) is 0.421. The highest BCUT2D eigenvalue weighted by atomic mass is 32.2. The maximum absolute atomic E-state index is 13.0. The second-order valence-corrected chi connectivity index (χ2v) is 8.36. The van der Waals surface area contributed by atoms with Gasteiger partial charge in [0.2, 0.25) is 0 Å². The van der Waals surface area contributed by atoms with Crippen molar-refractivity contribution in [3.63, 3.8) is 0 Å². The van der Waals surface area contributed by atoms with Crippen LogP contribution in [0.4, 0.5) is 11.5 Å². The summed E-state index contributed by atoms with van der Waals surface area (Å²) in [6.45, 7) is 3.96. The lowest BCUT2D eigenvalue weighted by Gasteiger charge is -2.32. The third-order valence-electron chi connectivity index (χ3n) is 4.74. The number of aliphatic hydroxyl groups is 1. The molecule has 3 rings (SSSR count). The Balaban J connectivity index is 1.83. The zero-order valence-electron chi connectivity index (χ0n) is 15.0. The third kappa shape index (κ3) is 3.83. The molecule has 2 heterocycles. The number of anilines is 2. The summed E-state index contributed by atoms with van der Waals surface area (Å²) in [6, 6.07) is 12.4. The van der Waals surface area contributed by atoms with Gasteiger partial charge in [-0.15, -0.1) is 0 Å². The van der Waals surface area contributed by atoms with Crippen molar-refractivity contribution >= 4 is 21.5 Å². The van der Waals surface area contributed by atoms with Gasteiger partial charge in [-0.1, -0.05) is 18.2 Å². The summed E-state index contributed by atoms with van der Waals surface area (Å²) in [7, 11) is -3.65. The average molecular weight is 375 g/mol. The lowest BCUT2D eigenvalue weighted by Crippen LogP contribution is -2.37. The Labute approximate surface area is 155 Å². The number of rotatable bonds is 6. The van der Waals surface area contributed by atoms with Crippen LogP contribution in [-0.2, 0) is 10.0 Å². The van der Waals surface area contributed by atoms with E-state index in [-0.39, 0.29) is 17.4 Å². The van der Waals surface area contributed by atoms with E-state index in [4.69, 9.17) is 0 Å². The van der Waals surface area contributed by atoms with E-state index in [2.05, 4.69) is 9.88 Å². The summed E-state index contributed by atoms with van der Waals surface area (Å²) in [5.74, 6) is 1.01. The quantitative estimate of drug-likeness (QED) is 0.840. The smallest absolute Gasteiger partial charge is 0.265 e. The van der Waals surface area contributed by atoms with Crippen LogP contribution in [0, 0.1) is 5.92 Å². The first-order chi connectivity index (χ1) is 12.6. The summed E-state index contributed by atoms with van der Waals surface area (Å²) < 4.78 is 27.4. The minimum absolute atomic E-state index is 0.172. The molecular formula is C19H25N3O3S. The highest BCUT2D eigenvalue weighted by molar-refractivity contribution is 7.92. The van der Waals surface area contributed by atoms with Gasteiger partial charge in [0.15, 0.2) is 0 Å². The van der Waals surface area contributed by atoms with Gasteiger partial charge in [-0.05, 0) is 49.9 Å². The first-order valence-electron chi connectivity index (χ1n) is 8.96. The maximum Gasteiger partial charge on any atom is 0.265 e. The normalized spacial score (nSPS) is 17.9. The molecule has 0 bridgehead atoms. The molecule has 1 aromatic heterocycles. The standard InChI is InChI=1S/C19H25N3O3S/c1-2-22(17-8-4-3-5-9-17)26(24,25)18-10-11-19(20-13-18)21-12-6-7-16(14-21)15-23/h3-5,8-11,13,16,23H,2,6-7,12,14-15H2,1H3/t16-/m1/s1. The highest BCUT2D eigenvalue weighted by Gasteiger charge is 2.25. The lowest BCUT2D eigenvalue weighted by atomic mass is 9.99. The predicted octanol–water partition coefficient (Wildman–Crippen LogP) is 2.51. The zero-order valence-corrected chi connectivity index (χ0v) is 15.8. The van der Waals surface area contributed by atoms with Crippen LogP contribution in [0.3, 0.4) is 0 Å². The predicted molar refractivity (Wildman–Crippen MR) is 103 cm³/mol. The molecule has 1 aliphatic rings. The summed E-state index contributed by atoms with van der Waals surface area (Å²) >= 11 is 0. The highest BCUT2D eigenvalue weighted by Crippen LogP contribution is 2.25. The van der Waals surface area contributed by atoms with Crippen LogP contribution >= 0.6 is 0 Å². The minimum Gasteiger partial charge on any atom is -0.396 e. The van der Waals surface area contributed by atoms with Crippen LogP contribution in [0.2, 0.25) is 0 Å². The molecule has 1 saturated heterocycles. The Hall–Kier alpha value is -2.12. The molecular weight excluding hydrogens is 350 g/mol. The molecule has 0 amide bonds. The van der Waals surface area contributed by atoms with E-state index in [1.165, 1.54) is 10.5 Å². The van der Waals surface area contributed by atoms with Crippen molar-refractivity contribution in [2.45, 2.75) is 24.7 Å². The van der Waals surface area contributed by atoms with Gasteiger partial charge in [-0.2, -0.15) is 0 Å². The Bertz CT molecular complexity index is 810. The molecule has 2 aromatic rings. The number of hydrogen-bond acceptors (Lipinski definition) is 5. The van der Waals surface area contributed by atoms with Gasteiger partial charge in [0.1, 0.15) is 10.7 Å². The monoisotopic (exact) mass is 375 g/mol. The lowest BCUT2D eigenvalue weighted by molar-refractivity contribution is 0.208. The topological polar surface area (TPSA) is 73.7 Å². The van der Waals surface area contributed by atoms with Gasteiger partial charge in [-0.3, -0.25) is 4.31 Å². The van der Waals surface area contributed by atoms with Crippen LogP contribution < -0.4 is 9.21 Å². The molecule has 6 nitrogen and oxygen atoms in total. The molecule has 0 saturated carbocycles. The zero-order chi connectivity index (χ0) is 18.6. The third-order valence-corrected chi connectivity index (χ3v) is 6.63. The average Bonchev–Trinajstić information content (AvgIpc) is 2.69.